The van der Waals surface area contributed by atoms with E-state index in [1.807, 2.05) is 18.5 Å². The molecule has 6 nitrogen and oxygen atoms in total. The van der Waals surface area contributed by atoms with Crippen LogP contribution in [0.15, 0.2) is 0 Å². The maximum atomic E-state index is 9.86. The number of aryl methyl sites for hydroxylation is 1. The molecule has 1 aromatic rings. The van der Waals surface area contributed by atoms with Crippen molar-refractivity contribution >= 4 is 12.2 Å². The highest BCUT2D eigenvalue weighted by Crippen LogP contribution is 2.34. The van der Waals surface area contributed by atoms with Crippen molar-refractivity contribution in [2.24, 2.45) is 7.05 Å². The van der Waals surface area contributed by atoms with Crippen LogP contribution in [0.4, 0.5) is 0 Å². The van der Waals surface area contributed by atoms with Crippen molar-refractivity contribution in [2.75, 3.05) is 6.61 Å². The van der Waals surface area contributed by atoms with Gasteiger partial charge in [-0.15, -0.1) is 0 Å². The Morgan fingerprint density at radius 2 is 2.29 bits per heavy atom. The third kappa shape index (κ3) is 1.65. The number of fused-ring (bicyclic) bond motifs is 2. The van der Waals surface area contributed by atoms with E-state index in [0.29, 0.717) is 17.8 Å². The summed E-state index contributed by atoms with van der Waals surface area (Å²) in [6, 6.07) is -0.0452. The molecule has 2 fully saturated rings. The van der Waals surface area contributed by atoms with Gasteiger partial charge in [0.1, 0.15) is 18.0 Å². The number of hydrogen-bond acceptors (Lipinski definition) is 5. The van der Waals surface area contributed by atoms with Crippen molar-refractivity contribution < 1.29 is 14.6 Å². The molecule has 0 radical (unpaired) electrons. The van der Waals surface area contributed by atoms with Gasteiger partial charge in [0, 0.05) is 13.5 Å². The van der Waals surface area contributed by atoms with Crippen LogP contribution in [0.3, 0.4) is 0 Å². The molecule has 0 amide bonds. The summed E-state index contributed by atoms with van der Waals surface area (Å²) < 4.78 is 15.2. The van der Waals surface area contributed by atoms with E-state index in [0.717, 1.165) is 5.82 Å². The predicted octanol–water partition coefficient (Wildman–Crippen LogP) is 0.307. The maximum absolute atomic E-state index is 9.86. The Morgan fingerprint density at radius 3 is 2.94 bits per heavy atom. The molecule has 2 bridgehead atoms. The average molecular weight is 257 g/mol. The fourth-order valence-electron chi connectivity index (χ4n) is 2.39. The van der Waals surface area contributed by atoms with E-state index in [1.54, 1.807) is 4.68 Å². The lowest BCUT2D eigenvalue weighted by Gasteiger charge is -2.30. The second-order valence-electron chi connectivity index (χ2n) is 4.58. The summed E-state index contributed by atoms with van der Waals surface area (Å²) in [5, 5.41) is 14.3. The number of rotatable bonds is 1. The Bertz CT molecular complexity index is 497. The normalized spacial score (nSPS) is 36.4. The van der Waals surface area contributed by atoms with E-state index in [9.17, 15) is 5.11 Å². The molecule has 1 N–H and O–H groups in total. The van der Waals surface area contributed by atoms with Gasteiger partial charge in [-0.05, 0) is 19.1 Å². The maximum Gasteiger partial charge on any atom is 0.197 e. The summed E-state index contributed by atoms with van der Waals surface area (Å²) in [6.07, 6.45) is -0.581. The molecule has 4 atom stereocenters. The zero-order valence-corrected chi connectivity index (χ0v) is 10.6. The number of aliphatic hydroxyl groups excluding tert-OH is 1. The van der Waals surface area contributed by atoms with Gasteiger partial charge in [0.2, 0.25) is 0 Å². The highest BCUT2D eigenvalue weighted by atomic mass is 32.1. The Morgan fingerprint density at radius 1 is 1.53 bits per heavy atom. The molecule has 0 saturated carbocycles. The summed E-state index contributed by atoms with van der Waals surface area (Å²) in [5.41, 5.74) is 0. The topological polar surface area (TPSA) is 61.4 Å². The van der Waals surface area contributed by atoms with E-state index in [1.165, 1.54) is 0 Å². The molecule has 0 aliphatic carbocycles. The van der Waals surface area contributed by atoms with Crippen LogP contribution in [0.5, 0.6) is 0 Å². The molecule has 2 saturated heterocycles. The first-order valence-corrected chi connectivity index (χ1v) is 6.06. The van der Waals surface area contributed by atoms with Crippen LogP contribution >= 0.6 is 12.2 Å². The third-order valence-corrected chi connectivity index (χ3v) is 3.96. The molecule has 2 aliphatic rings. The first-order chi connectivity index (χ1) is 8.08. The van der Waals surface area contributed by atoms with E-state index in [-0.39, 0.29) is 12.1 Å². The van der Waals surface area contributed by atoms with Crippen molar-refractivity contribution in [1.29, 1.82) is 0 Å². The van der Waals surface area contributed by atoms with Crippen LogP contribution in [0.1, 0.15) is 18.3 Å². The zero-order valence-electron chi connectivity index (χ0n) is 9.74. The zero-order chi connectivity index (χ0) is 12.2. The van der Waals surface area contributed by atoms with Gasteiger partial charge in [0.25, 0.3) is 0 Å². The summed E-state index contributed by atoms with van der Waals surface area (Å²) in [5.74, 6) is 0.852. The van der Waals surface area contributed by atoms with E-state index in [2.05, 4.69) is 5.10 Å². The summed E-state index contributed by atoms with van der Waals surface area (Å²) in [4.78, 5) is 0. The smallest absolute Gasteiger partial charge is 0.197 e. The van der Waals surface area contributed by atoms with Crippen LogP contribution in [0, 0.1) is 11.7 Å². The molecular formula is C10H15N3O3S. The Hall–Kier alpha value is -0.760. The molecule has 7 heteroatoms. The van der Waals surface area contributed by atoms with Gasteiger partial charge >= 0.3 is 0 Å². The number of nitrogens with zero attached hydrogens (tertiary/aromatic N) is 3. The van der Waals surface area contributed by atoms with E-state index in [4.69, 9.17) is 21.7 Å². The molecule has 94 valence electrons. The molecular weight excluding hydrogens is 242 g/mol. The number of aromatic nitrogens is 3. The van der Waals surface area contributed by atoms with Gasteiger partial charge in [-0.25, -0.2) is 4.68 Å². The van der Waals surface area contributed by atoms with E-state index < -0.39 is 12.4 Å². The van der Waals surface area contributed by atoms with E-state index >= 15 is 0 Å². The van der Waals surface area contributed by atoms with Crippen molar-refractivity contribution in [2.45, 2.75) is 37.9 Å². The second-order valence-corrected chi connectivity index (χ2v) is 4.95. The van der Waals surface area contributed by atoms with Crippen molar-refractivity contribution in [3.63, 3.8) is 0 Å². The fraction of sp³-hybridized carbons (Fsp3) is 0.800. The lowest BCUT2D eigenvalue weighted by molar-refractivity contribution is -0.166. The largest absolute Gasteiger partial charge is 0.388 e. The quantitative estimate of drug-likeness (QED) is 0.734. The molecule has 1 aromatic heterocycles. The average Bonchev–Trinajstić information content (AvgIpc) is 2.84. The van der Waals surface area contributed by atoms with Gasteiger partial charge in [-0.3, -0.25) is 0 Å². The summed E-state index contributed by atoms with van der Waals surface area (Å²) >= 11 is 5.33. The fourth-order valence-corrected chi connectivity index (χ4v) is 2.69. The van der Waals surface area contributed by atoms with Gasteiger partial charge in [0.05, 0.1) is 12.6 Å². The number of ether oxygens (including phenoxy) is 2. The van der Waals surface area contributed by atoms with Crippen molar-refractivity contribution in [3.05, 3.63) is 10.6 Å². The van der Waals surface area contributed by atoms with Gasteiger partial charge in [0.15, 0.2) is 11.1 Å². The van der Waals surface area contributed by atoms with Crippen LogP contribution in [0.2, 0.25) is 0 Å². The summed E-state index contributed by atoms with van der Waals surface area (Å²) in [6.45, 7) is 2.39. The number of aliphatic hydroxyl groups is 1. The lowest BCUT2D eigenvalue weighted by Crippen LogP contribution is -2.40. The Labute approximate surface area is 104 Å². The van der Waals surface area contributed by atoms with Gasteiger partial charge < -0.3 is 19.1 Å². The van der Waals surface area contributed by atoms with Crippen LogP contribution < -0.4 is 0 Å². The first-order valence-electron chi connectivity index (χ1n) is 5.65. The van der Waals surface area contributed by atoms with Crippen LogP contribution in [-0.2, 0) is 16.5 Å². The highest BCUT2D eigenvalue weighted by molar-refractivity contribution is 7.71. The standard InChI is InChI=1S/C10H15N3O3S/c1-5-11-13(10(17)12(5)2)6-3-7(14)9-15-4-8(6)16-9/h6-9,14H,3-4H2,1-2H3/t6-,7+,8+,9-/m0/s1. The van der Waals surface area contributed by atoms with Gasteiger partial charge in [-0.1, -0.05) is 0 Å². The molecule has 3 rings (SSSR count). The monoisotopic (exact) mass is 257 g/mol. The molecule has 0 unspecified atom stereocenters. The number of hydrogen-bond donors (Lipinski definition) is 1. The lowest BCUT2D eigenvalue weighted by atomic mass is 10.0. The minimum absolute atomic E-state index is 0.0452. The third-order valence-electron chi connectivity index (χ3n) is 3.49. The predicted molar refractivity (Wildman–Crippen MR) is 61.0 cm³/mol. The Balaban J connectivity index is 1.98. The van der Waals surface area contributed by atoms with Crippen LogP contribution in [-0.4, -0.2) is 44.6 Å². The first kappa shape index (κ1) is 11.3. The molecule has 0 spiro atoms. The second kappa shape index (κ2) is 3.88. The molecule has 3 heterocycles. The Kier molecular flexibility index (Phi) is 2.58. The SMILES string of the molecule is Cc1nn([C@H]2C[C@@H](O)[C@H]3OC[C@H]2O3)c(=S)n1C. The van der Waals surface area contributed by atoms with Crippen LogP contribution in [0.25, 0.3) is 0 Å². The molecule has 0 aromatic carbocycles. The van der Waals surface area contributed by atoms with Crippen molar-refractivity contribution in [3.8, 4) is 0 Å². The summed E-state index contributed by atoms with van der Waals surface area (Å²) in [7, 11) is 1.88. The molecule has 17 heavy (non-hydrogen) atoms. The highest BCUT2D eigenvalue weighted by Gasteiger charge is 2.44. The molecule has 2 aliphatic heterocycles. The van der Waals surface area contributed by atoms with Crippen molar-refractivity contribution in [1.82, 2.24) is 14.3 Å². The minimum Gasteiger partial charge on any atom is -0.388 e. The minimum atomic E-state index is -0.608. The van der Waals surface area contributed by atoms with Gasteiger partial charge in [-0.2, -0.15) is 5.10 Å².